The van der Waals surface area contributed by atoms with Gasteiger partial charge in [-0.05, 0) is 58.9 Å². The van der Waals surface area contributed by atoms with Gasteiger partial charge >= 0.3 is 0 Å². The lowest BCUT2D eigenvalue weighted by molar-refractivity contribution is 0.390. The number of hydrogen-bond donors (Lipinski definition) is 0. The molecule has 6 unspecified atom stereocenters. The van der Waals surface area contributed by atoms with Crippen molar-refractivity contribution in [2.75, 3.05) is 0 Å². The molecule has 6 atom stereocenters. The van der Waals surface area contributed by atoms with Gasteiger partial charge in [0.05, 0.1) is 0 Å². The van der Waals surface area contributed by atoms with Crippen molar-refractivity contribution in [2.45, 2.75) is 208 Å². The summed E-state index contributed by atoms with van der Waals surface area (Å²) in [4.78, 5) is 0. The van der Waals surface area contributed by atoms with E-state index in [4.69, 9.17) is 0 Å². The summed E-state index contributed by atoms with van der Waals surface area (Å²) in [6.45, 7) is 40.7. The Morgan fingerprint density at radius 2 is 0.500 bits per heavy atom. The summed E-state index contributed by atoms with van der Waals surface area (Å²) in [6, 6.07) is 0. The summed E-state index contributed by atoms with van der Waals surface area (Å²) in [5, 5.41) is 0. The third-order valence-electron chi connectivity index (χ3n) is 12.3. The minimum Gasteiger partial charge on any atom is -0.372 e. The Morgan fingerprint density at radius 1 is 0.350 bits per heavy atom. The fourth-order valence-electron chi connectivity index (χ4n) is 9.42. The molecule has 0 fully saturated rings. The summed E-state index contributed by atoms with van der Waals surface area (Å²) in [5.74, 6) is 0. The van der Waals surface area contributed by atoms with Crippen LogP contribution in [0.4, 0.5) is 0 Å². The molecule has 0 amide bonds. The molecule has 1 aliphatic heterocycles. The van der Waals surface area contributed by atoms with Crippen molar-refractivity contribution in [1.29, 1.82) is 0 Å². The molecule has 2 nitrogen and oxygen atoms in total. The topological polar surface area (TPSA) is 6.48 Å². The zero-order valence-electron chi connectivity index (χ0n) is 30.4. The molecule has 40 heavy (non-hydrogen) atoms. The monoisotopic (exact) mass is 591 g/mol. The molecule has 0 aromatic carbocycles. The molecule has 4 heteroatoms. The quantitative estimate of drug-likeness (QED) is 0.146. The molecule has 0 N–H and O–H groups in total. The lowest BCUT2D eigenvalue weighted by Gasteiger charge is -2.63. The highest BCUT2D eigenvalue weighted by Gasteiger charge is 2.58. The Balaban J connectivity index is 4.54. The van der Waals surface area contributed by atoms with Gasteiger partial charge in [-0.25, -0.2) is 0 Å². The van der Waals surface area contributed by atoms with E-state index in [1.54, 1.807) is 22.8 Å². The molecule has 0 radical (unpaired) electrons. The number of nitrogens with zero attached hydrogens (tertiary/aromatic N) is 2. The van der Waals surface area contributed by atoms with Crippen LogP contribution in [-0.2, 0) is 0 Å². The van der Waals surface area contributed by atoms with Crippen LogP contribution >= 0.6 is 0 Å². The minimum absolute atomic E-state index is 0.768. The summed E-state index contributed by atoms with van der Waals surface area (Å²) in [7, 11) is -3.96. The van der Waals surface area contributed by atoms with Crippen molar-refractivity contribution >= 4 is 16.5 Å². The van der Waals surface area contributed by atoms with Gasteiger partial charge in [-0.15, -0.1) is 0 Å². The Labute approximate surface area is 256 Å². The summed E-state index contributed by atoms with van der Waals surface area (Å²) >= 11 is 0. The predicted octanol–water partition coefficient (Wildman–Crippen LogP) is 13.4. The van der Waals surface area contributed by atoms with Crippen LogP contribution in [-0.4, -0.2) is 25.6 Å². The highest BCUT2D eigenvalue weighted by atomic mass is 28.3. The Kier molecular flexibility index (Phi) is 15.4. The van der Waals surface area contributed by atoms with Crippen molar-refractivity contribution in [1.82, 2.24) is 9.13 Å². The maximum absolute atomic E-state index is 3.20. The molecule has 0 bridgehead atoms. The summed E-state index contributed by atoms with van der Waals surface area (Å²) in [5.41, 5.74) is 11.5. The first-order valence-corrected chi connectivity index (χ1v) is 22.3. The first kappa shape index (κ1) is 37.5. The third kappa shape index (κ3) is 5.97. The zero-order chi connectivity index (χ0) is 31.0. The van der Waals surface area contributed by atoms with E-state index in [2.05, 4.69) is 120 Å². The predicted molar refractivity (Wildman–Crippen MR) is 189 cm³/mol. The van der Waals surface area contributed by atoms with Crippen molar-refractivity contribution in [3.05, 3.63) is 22.8 Å². The standard InChI is InChI=1S/C36H74N2Si2/c1-17-27(11)39(28(12)18-2,29(13)19-3)37-33(23-7)35(25-9)38(36(26-10)34(37)24-8)40(30(14)20-4,31(15)21-5)32(16)22-6/h27-32H,17-26H2,1-16H3. The average molecular weight is 591 g/mol. The van der Waals surface area contributed by atoms with E-state index in [1.165, 1.54) is 38.5 Å². The lowest BCUT2D eigenvalue weighted by atomic mass is 10.1. The summed E-state index contributed by atoms with van der Waals surface area (Å²) in [6.07, 6.45) is 12.4. The van der Waals surface area contributed by atoms with Crippen LogP contribution in [0.3, 0.4) is 0 Å². The molecule has 0 saturated carbocycles. The van der Waals surface area contributed by atoms with Gasteiger partial charge in [-0.3, -0.25) is 0 Å². The SMILES string of the molecule is CCC1=C(CC)N([Si](C(C)CC)(C(C)CC)C(C)CC)C(CC)=C(CC)N1[Si](C(C)CC)(C(C)CC)C(C)CC. The van der Waals surface area contributed by atoms with E-state index >= 15 is 0 Å². The molecule has 236 valence electrons. The molecule has 0 spiro atoms. The molecule has 1 heterocycles. The Morgan fingerprint density at radius 3 is 0.600 bits per heavy atom. The molecule has 1 aliphatic rings. The number of rotatable bonds is 18. The molecule has 0 aromatic heterocycles. The van der Waals surface area contributed by atoms with E-state index in [0.717, 1.165) is 58.9 Å². The van der Waals surface area contributed by atoms with E-state index in [-0.39, 0.29) is 0 Å². The first-order valence-electron chi connectivity index (χ1n) is 18.0. The van der Waals surface area contributed by atoms with Crippen LogP contribution in [0.2, 0.25) is 33.2 Å². The van der Waals surface area contributed by atoms with Gasteiger partial charge in [0.1, 0.15) is 0 Å². The van der Waals surface area contributed by atoms with E-state index in [9.17, 15) is 0 Å². The van der Waals surface area contributed by atoms with Crippen molar-refractivity contribution in [2.24, 2.45) is 0 Å². The molecular formula is C36H74N2Si2. The van der Waals surface area contributed by atoms with Gasteiger partial charge in [0.25, 0.3) is 0 Å². The highest BCUT2D eigenvalue weighted by molar-refractivity contribution is 6.83. The molecule has 0 aromatic rings. The Hall–Kier alpha value is -0.486. The summed E-state index contributed by atoms with van der Waals surface area (Å²) < 4.78 is 6.39. The van der Waals surface area contributed by atoms with Crippen molar-refractivity contribution in [3.8, 4) is 0 Å². The van der Waals surface area contributed by atoms with E-state index < -0.39 is 16.5 Å². The second-order valence-corrected chi connectivity index (χ2v) is 23.9. The van der Waals surface area contributed by atoms with Crippen LogP contribution in [0.15, 0.2) is 22.8 Å². The van der Waals surface area contributed by atoms with Gasteiger partial charge in [0.15, 0.2) is 16.5 Å². The third-order valence-corrected chi connectivity index (χ3v) is 26.8. The van der Waals surface area contributed by atoms with Crippen LogP contribution < -0.4 is 0 Å². The van der Waals surface area contributed by atoms with Crippen LogP contribution in [0.1, 0.15) is 175 Å². The average Bonchev–Trinajstić information content (AvgIpc) is 2.99. The molecule has 0 saturated heterocycles. The van der Waals surface area contributed by atoms with Gasteiger partial charge in [-0.2, -0.15) is 0 Å². The molecule has 0 aliphatic carbocycles. The molecule has 1 rings (SSSR count). The number of hydrogen-bond acceptors (Lipinski definition) is 2. The van der Waals surface area contributed by atoms with E-state index in [1.807, 2.05) is 0 Å². The zero-order valence-corrected chi connectivity index (χ0v) is 32.4. The van der Waals surface area contributed by atoms with Crippen LogP contribution in [0.5, 0.6) is 0 Å². The van der Waals surface area contributed by atoms with Gasteiger partial charge in [0.2, 0.25) is 0 Å². The van der Waals surface area contributed by atoms with Gasteiger partial charge in [-0.1, -0.05) is 149 Å². The maximum atomic E-state index is 3.20. The highest BCUT2D eigenvalue weighted by Crippen LogP contribution is 2.58. The second kappa shape index (κ2) is 16.4. The molecular weight excluding hydrogens is 517 g/mol. The van der Waals surface area contributed by atoms with Crippen molar-refractivity contribution < 1.29 is 0 Å². The normalized spacial score (nSPS) is 22.5. The second-order valence-electron chi connectivity index (χ2n) is 13.5. The fourth-order valence-corrected chi connectivity index (χ4v) is 24.8. The maximum Gasteiger partial charge on any atom is 0.170 e. The van der Waals surface area contributed by atoms with Crippen molar-refractivity contribution in [3.63, 3.8) is 0 Å². The van der Waals surface area contributed by atoms with Gasteiger partial charge < -0.3 is 9.13 Å². The minimum atomic E-state index is -1.98. The Bertz CT molecular complexity index is 682. The first-order chi connectivity index (χ1) is 18.9. The lowest BCUT2D eigenvalue weighted by Crippen LogP contribution is -2.66. The smallest absolute Gasteiger partial charge is 0.170 e. The van der Waals surface area contributed by atoms with Crippen LogP contribution in [0.25, 0.3) is 0 Å². The fraction of sp³-hybridized carbons (Fsp3) is 0.889. The van der Waals surface area contributed by atoms with Gasteiger partial charge in [0, 0.05) is 22.8 Å². The number of allylic oxidation sites excluding steroid dienone is 4. The largest absolute Gasteiger partial charge is 0.372 e. The van der Waals surface area contributed by atoms with E-state index in [0.29, 0.717) is 0 Å². The van der Waals surface area contributed by atoms with Crippen LogP contribution in [0, 0.1) is 0 Å².